The minimum atomic E-state index is -2.59. The molecule has 4 heterocycles. The van der Waals surface area contributed by atoms with Crippen molar-refractivity contribution < 1.29 is 24.6 Å². The number of nitrogens with one attached hydrogen (secondary N) is 2. The number of nitrogens with two attached hydrogens (primary N) is 2. The zero-order valence-electron chi connectivity index (χ0n) is 20.2. The largest absolute Gasteiger partial charge is 0.370 e. The molecule has 37 heavy (non-hydrogen) atoms. The van der Waals surface area contributed by atoms with Gasteiger partial charge in [0.05, 0.1) is 12.6 Å². The summed E-state index contributed by atoms with van der Waals surface area (Å²) in [6.07, 6.45) is 3.96. The van der Waals surface area contributed by atoms with Crippen LogP contribution in [0, 0.1) is 0 Å². The van der Waals surface area contributed by atoms with Gasteiger partial charge in [0.1, 0.15) is 12.1 Å². The van der Waals surface area contributed by atoms with Crippen LogP contribution in [-0.2, 0) is 22.4 Å². The molecule has 1 spiro atoms. The number of nitrogens with zero attached hydrogens (tertiary/aromatic N) is 4. The van der Waals surface area contributed by atoms with Crippen LogP contribution in [0.4, 0.5) is 0 Å². The van der Waals surface area contributed by atoms with Crippen LogP contribution < -0.4 is 22.1 Å². The van der Waals surface area contributed by atoms with Crippen LogP contribution >= 0.6 is 0 Å². The highest BCUT2D eigenvalue weighted by Crippen LogP contribution is 2.45. The molecule has 2 saturated heterocycles. The van der Waals surface area contributed by atoms with Gasteiger partial charge < -0.3 is 37.2 Å². The van der Waals surface area contributed by atoms with Crippen molar-refractivity contribution in [1.82, 2.24) is 20.4 Å². The maximum Gasteiger partial charge on any atom is 0.252 e. The molecule has 8 N–H and O–H groups in total. The number of aliphatic hydroxyl groups is 2. The smallest absolute Gasteiger partial charge is 0.252 e. The Balaban J connectivity index is 1.31. The van der Waals surface area contributed by atoms with E-state index >= 15 is 0 Å². The van der Waals surface area contributed by atoms with E-state index in [1.54, 1.807) is 6.07 Å². The number of aryl methyl sites for hydroxylation is 1. The molecule has 3 unspecified atom stereocenters. The molecule has 1 aliphatic carbocycles. The van der Waals surface area contributed by atoms with E-state index < -0.39 is 35.5 Å². The first-order valence-electron chi connectivity index (χ1n) is 12.6. The van der Waals surface area contributed by atoms with Crippen LogP contribution in [0.2, 0.25) is 0 Å². The van der Waals surface area contributed by atoms with Crippen molar-refractivity contribution in [3.63, 3.8) is 0 Å². The molecule has 13 heteroatoms. The van der Waals surface area contributed by atoms with E-state index in [4.69, 9.17) is 11.5 Å². The van der Waals surface area contributed by atoms with Gasteiger partial charge in [0, 0.05) is 24.9 Å². The van der Waals surface area contributed by atoms with Gasteiger partial charge in [-0.1, -0.05) is 12.1 Å². The summed E-state index contributed by atoms with van der Waals surface area (Å²) in [7, 11) is 0. The van der Waals surface area contributed by atoms with E-state index in [9.17, 15) is 24.6 Å². The van der Waals surface area contributed by atoms with E-state index in [2.05, 4.69) is 20.6 Å². The number of carbonyl (C=O) groups is 3. The van der Waals surface area contributed by atoms with Crippen molar-refractivity contribution in [2.75, 3.05) is 13.1 Å². The van der Waals surface area contributed by atoms with E-state index in [0.29, 0.717) is 5.56 Å². The first-order chi connectivity index (χ1) is 17.6. The third-order valence-electron chi connectivity index (χ3n) is 8.27. The average molecular weight is 511 g/mol. The number of amides is 3. The summed E-state index contributed by atoms with van der Waals surface area (Å²) in [5.74, 6) is -3.79. The maximum absolute atomic E-state index is 13.4. The van der Waals surface area contributed by atoms with Crippen LogP contribution in [0.15, 0.2) is 28.2 Å². The van der Waals surface area contributed by atoms with Gasteiger partial charge in [0.2, 0.25) is 17.6 Å². The number of hydrogen-bond acceptors (Lipinski definition) is 11. The zero-order valence-corrected chi connectivity index (χ0v) is 20.2. The molecular formula is C24H30N8O5. The standard InChI is InChI=1S/C24H30N8O5/c25-21-29-19-15(10-31-17(33)8-9-18(31)34)27-22(26)32-11-16(24(36,37)23(19,32)30-21)28-20(35)14-7-3-5-12-4-1-2-6-13(12)14/h3,5,7,15-16,19,36-37H,1-2,4,6,8-11H2,(H2,26,27)(H,28,35)(H3,25,29,30)/t15?,16-,19?,23?/m0/s1. The lowest BCUT2D eigenvalue weighted by Crippen LogP contribution is -2.78. The quantitative estimate of drug-likeness (QED) is 0.187. The molecule has 0 saturated carbocycles. The second kappa shape index (κ2) is 8.15. The van der Waals surface area contributed by atoms with Crippen molar-refractivity contribution in [3.8, 4) is 0 Å². The van der Waals surface area contributed by atoms with E-state index in [1.165, 1.54) is 4.90 Å². The minimum absolute atomic E-state index is 0.0425. The molecular weight excluding hydrogens is 480 g/mol. The van der Waals surface area contributed by atoms with Crippen LogP contribution in [0.1, 0.15) is 47.2 Å². The second-order valence-corrected chi connectivity index (χ2v) is 10.3. The topological polar surface area (TPSA) is 199 Å². The molecule has 196 valence electrons. The van der Waals surface area contributed by atoms with Crippen LogP contribution in [0.3, 0.4) is 0 Å². The molecule has 13 nitrogen and oxygen atoms in total. The number of fused-ring (bicyclic) bond motifs is 1. The van der Waals surface area contributed by atoms with Crippen molar-refractivity contribution in [2.45, 2.75) is 68.1 Å². The average Bonchev–Trinajstić information content (AvgIpc) is 3.46. The Morgan fingerprint density at radius 2 is 1.84 bits per heavy atom. The minimum Gasteiger partial charge on any atom is -0.370 e. The first-order valence-corrected chi connectivity index (χ1v) is 12.6. The summed E-state index contributed by atoms with van der Waals surface area (Å²) >= 11 is 0. The number of aliphatic imine (C=N–C) groups is 2. The fraction of sp³-hybridized carbons (Fsp3) is 0.542. The number of likely N-dealkylation sites (tertiary alicyclic amines) is 1. The molecule has 1 aromatic rings. The van der Waals surface area contributed by atoms with Gasteiger partial charge in [-0.05, 0) is 42.9 Å². The summed E-state index contributed by atoms with van der Waals surface area (Å²) in [6.45, 7) is -0.204. The Labute approximate surface area is 212 Å². The molecule has 6 rings (SSSR count). The van der Waals surface area contributed by atoms with Crippen molar-refractivity contribution in [2.24, 2.45) is 21.5 Å². The summed E-state index contributed by atoms with van der Waals surface area (Å²) in [6, 6.07) is 2.54. The highest BCUT2D eigenvalue weighted by Gasteiger charge is 2.73. The molecule has 1 aromatic carbocycles. The third-order valence-corrected chi connectivity index (χ3v) is 8.27. The molecule has 3 amide bonds. The molecule has 0 radical (unpaired) electrons. The van der Waals surface area contributed by atoms with E-state index in [1.807, 2.05) is 12.1 Å². The van der Waals surface area contributed by atoms with Gasteiger partial charge in [0.15, 0.2) is 17.6 Å². The second-order valence-electron chi connectivity index (χ2n) is 10.3. The van der Waals surface area contributed by atoms with Gasteiger partial charge in [-0.3, -0.25) is 19.3 Å². The Bertz CT molecular complexity index is 1250. The zero-order chi connectivity index (χ0) is 26.1. The summed E-state index contributed by atoms with van der Waals surface area (Å²) in [5, 5.41) is 28.9. The highest BCUT2D eigenvalue weighted by atomic mass is 16.5. The Morgan fingerprint density at radius 3 is 2.59 bits per heavy atom. The normalized spacial score (nSPS) is 31.8. The molecule has 2 fully saturated rings. The van der Waals surface area contributed by atoms with Crippen LogP contribution in [-0.4, -0.2) is 92.3 Å². The number of imide groups is 1. The van der Waals surface area contributed by atoms with Crippen LogP contribution in [0.25, 0.3) is 0 Å². The van der Waals surface area contributed by atoms with Gasteiger partial charge in [-0.15, -0.1) is 0 Å². The lowest BCUT2D eigenvalue weighted by Gasteiger charge is -2.49. The summed E-state index contributed by atoms with van der Waals surface area (Å²) in [4.78, 5) is 49.3. The fourth-order valence-electron chi connectivity index (χ4n) is 6.48. The van der Waals surface area contributed by atoms with Crippen molar-refractivity contribution >= 4 is 29.6 Å². The lowest BCUT2D eigenvalue weighted by molar-refractivity contribution is -0.230. The first kappa shape index (κ1) is 23.7. The predicted octanol–water partition coefficient (Wildman–Crippen LogP) is -2.51. The third kappa shape index (κ3) is 3.33. The fourth-order valence-corrected chi connectivity index (χ4v) is 6.48. The highest BCUT2D eigenvalue weighted by molar-refractivity contribution is 6.02. The van der Waals surface area contributed by atoms with Gasteiger partial charge in [-0.2, -0.15) is 0 Å². The molecule has 0 aromatic heterocycles. The van der Waals surface area contributed by atoms with Crippen molar-refractivity contribution in [3.05, 3.63) is 34.9 Å². The van der Waals surface area contributed by atoms with E-state index in [0.717, 1.165) is 41.7 Å². The lowest BCUT2D eigenvalue weighted by atomic mass is 9.84. The molecule has 0 bridgehead atoms. The number of rotatable bonds is 4. The van der Waals surface area contributed by atoms with E-state index in [-0.39, 0.29) is 49.7 Å². The SMILES string of the molecule is NC1=NC2C(CN3C(=O)CCC3=O)N=C(N)N3C[C@H](NC(=O)c4cccc5c4CCCC5)C(O)(O)C23N1. The number of benzene rings is 1. The molecule has 4 aliphatic heterocycles. The number of hydrogen-bond donors (Lipinski definition) is 6. The van der Waals surface area contributed by atoms with Crippen LogP contribution in [0.5, 0.6) is 0 Å². The predicted molar refractivity (Wildman–Crippen MR) is 131 cm³/mol. The summed E-state index contributed by atoms with van der Waals surface area (Å²) < 4.78 is 0. The Kier molecular flexibility index (Phi) is 5.21. The van der Waals surface area contributed by atoms with Gasteiger partial charge in [0.25, 0.3) is 5.91 Å². The van der Waals surface area contributed by atoms with Crippen molar-refractivity contribution in [1.29, 1.82) is 0 Å². The maximum atomic E-state index is 13.4. The van der Waals surface area contributed by atoms with Gasteiger partial charge >= 0.3 is 0 Å². The summed E-state index contributed by atoms with van der Waals surface area (Å²) in [5.41, 5.74) is 13.2. The van der Waals surface area contributed by atoms with Gasteiger partial charge in [-0.25, -0.2) is 9.98 Å². The number of carbonyl (C=O) groups excluding carboxylic acids is 3. The molecule has 5 aliphatic rings. The molecule has 4 atom stereocenters. The Hall–Kier alpha value is -3.71. The number of guanidine groups is 2. The monoisotopic (exact) mass is 510 g/mol. The Morgan fingerprint density at radius 1 is 1.11 bits per heavy atom.